The number of carbonyl (C=O) groups is 5. The van der Waals surface area contributed by atoms with Gasteiger partial charge in [0.15, 0.2) is 0 Å². The number of carbonyl (C=O) groups excluding carboxylic acids is 5. The van der Waals surface area contributed by atoms with E-state index in [0.29, 0.717) is 0 Å². The van der Waals surface area contributed by atoms with Crippen molar-refractivity contribution in [3.8, 4) is 0 Å². The minimum Gasteiger partial charge on any atom is -0.468 e. The van der Waals surface area contributed by atoms with Gasteiger partial charge in [0.2, 0.25) is 17.7 Å². The number of rotatable bonds is 14. The van der Waals surface area contributed by atoms with Crippen LogP contribution in [0.4, 0.5) is 0 Å². The molecule has 166 valence electrons. The molecule has 2 unspecified atom stereocenters. The zero-order valence-electron chi connectivity index (χ0n) is 16.6. The van der Waals surface area contributed by atoms with Gasteiger partial charge in [-0.05, 0) is 13.3 Å². The van der Waals surface area contributed by atoms with Crippen molar-refractivity contribution in [1.29, 1.82) is 0 Å². The van der Waals surface area contributed by atoms with E-state index in [1.165, 1.54) is 35.7 Å². The van der Waals surface area contributed by atoms with Gasteiger partial charge in [0.25, 0.3) is 0 Å². The van der Waals surface area contributed by atoms with Crippen LogP contribution in [-0.4, -0.2) is 80.6 Å². The molecule has 0 aliphatic heterocycles. The molecule has 0 radical (unpaired) electrons. The Balaban J connectivity index is 4.68. The third-order valence-electron chi connectivity index (χ3n) is 3.34. The van der Waals surface area contributed by atoms with E-state index in [1.54, 1.807) is 6.92 Å². The highest BCUT2D eigenvalue weighted by Gasteiger charge is 2.23. The van der Waals surface area contributed by atoms with Crippen LogP contribution in [0.25, 0.3) is 0 Å². The third kappa shape index (κ3) is 13.0. The molecule has 3 amide bonds. The normalized spacial score (nSPS) is 12.3. The fraction of sp³-hybridized carbons (Fsp3) is 0.688. The van der Waals surface area contributed by atoms with E-state index in [9.17, 15) is 24.0 Å². The van der Waals surface area contributed by atoms with E-state index in [4.69, 9.17) is 10.5 Å². The molecule has 0 aliphatic rings. The zero-order chi connectivity index (χ0) is 22.2. The first-order valence-electron chi connectivity index (χ1n) is 8.76. The molecule has 0 aromatic rings. The molecular weight excluding hydrogens is 424 g/mol. The van der Waals surface area contributed by atoms with E-state index in [-0.39, 0.29) is 43.4 Å². The molecule has 0 bridgehead atoms. The van der Waals surface area contributed by atoms with E-state index < -0.39 is 35.8 Å². The Kier molecular flexibility index (Phi) is 14.8. The van der Waals surface area contributed by atoms with E-state index in [1.807, 2.05) is 0 Å². The van der Waals surface area contributed by atoms with Crippen LogP contribution in [0.1, 0.15) is 19.8 Å². The highest BCUT2D eigenvalue weighted by atomic mass is 33.1. The highest BCUT2D eigenvalue weighted by Crippen LogP contribution is 2.21. The second-order valence-electron chi connectivity index (χ2n) is 5.53. The van der Waals surface area contributed by atoms with Gasteiger partial charge in [-0.1, -0.05) is 21.6 Å². The Hall–Kier alpha value is -1.99. The first-order valence-corrected chi connectivity index (χ1v) is 11.2. The second-order valence-corrected chi connectivity index (χ2v) is 8.04. The summed E-state index contributed by atoms with van der Waals surface area (Å²) in [5, 5.41) is 7.41. The van der Waals surface area contributed by atoms with Crippen molar-refractivity contribution in [2.45, 2.75) is 31.8 Å². The van der Waals surface area contributed by atoms with Crippen LogP contribution in [-0.2, 0) is 33.4 Å². The Morgan fingerprint density at radius 1 is 1.10 bits per heavy atom. The summed E-state index contributed by atoms with van der Waals surface area (Å²) in [7, 11) is 5.14. The van der Waals surface area contributed by atoms with E-state index in [0.717, 1.165) is 0 Å². The molecule has 0 aromatic carbocycles. The summed E-state index contributed by atoms with van der Waals surface area (Å²) < 4.78 is 9.23. The SMILES string of the molecule is CCOC(=O)CNC(=O)C(CSSCC(=O)NC)NC(=O)CCC(N)C(=O)OC. The van der Waals surface area contributed by atoms with Crippen molar-refractivity contribution in [3.05, 3.63) is 0 Å². The van der Waals surface area contributed by atoms with Crippen molar-refractivity contribution in [1.82, 2.24) is 16.0 Å². The number of amides is 3. The lowest BCUT2D eigenvalue weighted by Crippen LogP contribution is -2.49. The van der Waals surface area contributed by atoms with Gasteiger partial charge < -0.3 is 31.2 Å². The summed E-state index contributed by atoms with van der Waals surface area (Å²) in [5.74, 6) is -2.13. The molecule has 13 heteroatoms. The smallest absolute Gasteiger partial charge is 0.325 e. The average molecular weight is 453 g/mol. The van der Waals surface area contributed by atoms with Gasteiger partial charge in [-0.15, -0.1) is 0 Å². The molecule has 0 fully saturated rings. The summed E-state index contributed by atoms with van der Waals surface area (Å²) in [6.07, 6.45) is -0.0395. The molecule has 2 atom stereocenters. The van der Waals surface area contributed by atoms with Crippen LogP contribution in [0, 0.1) is 0 Å². The first kappa shape index (κ1) is 27.0. The molecular formula is C16H28N4O7S2. The van der Waals surface area contributed by atoms with Gasteiger partial charge >= 0.3 is 11.9 Å². The molecule has 0 aromatic heterocycles. The van der Waals surface area contributed by atoms with Gasteiger partial charge in [-0.25, -0.2) is 0 Å². The Morgan fingerprint density at radius 2 is 1.79 bits per heavy atom. The summed E-state index contributed by atoms with van der Waals surface area (Å²) in [6.45, 7) is 1.49. The number of hydrogen-bond acceptors (Lipinski definition) is 10. The quantitative estimate of drug-likeness (QED) is 0.139. The summed E-state index contributed by atoms with van der Waals surface area (Å²) in [6, 6.07) is -1.90. The molecule has 0 saturated heterocycles. The number of hydrogen-bond donors (Lipinski definition) is 4. The van der Waals surface area contributed by atoms with Crippen molar-refractivity contribution in [2.24, 2.45) is 5.73 Å². The molecule has 5 N–H and O–H groups in total. The maximum atomic E-state index is 12.3. The topological polar surface area (TPSA) is 166 Å². The minimum atomic E-state index is -0.950. The maximum Gasteiger partial charge on any atom is 0.325 e. The minimum absolute atomic E-state index is 0.0498. The molecule has 0 rings (SSSR count). The van der Waals surface area contributed by atoms with Crippen molar-refractivity contribution < 1.29 is 33.4 Å². The fourth-order valence-corrected chi connectivity index (χ4v) is 3.85. The monoisotopic (exact) mass is 452 g/mol. The van der Waals surface area contributed by atoms with Crippen molar-refractivity contribution in [2.75, 3.05) is 38.8 Å². The predicted molar refractivity (Wildman–Crippen MR) is 110 cm³/mol. The molecule has 0 heterocycles. The van der Waals surface area contributed by atoms with E-state index >= 15 is 0 Å². The predicted octanol–water partition coefficient (Wildman–Crippen LogP) is -1.44. The highest BCUT2D eigenvalue weighted by molar-refractivity contribution is 8.76. The van der Waals surface area contributed by atoms with Crippen LogP contribution < -0.4 is 21.7 Å². The van der Waals surface area contributed by atoms with Crippen LogP contribution in [0.2, 0.25) is 0 Å². The lowest BCUT2D eigenvalue weighted by molar-refractivity contribution is -0.143. The number of nitrogens with two attached hydrogens (primary N) is 1. The largest absolute Gasteiger partial charge is 0.468 e. The second kappa shape index (κ2) is 15.9. The number of ether oxygens (including phenoxy) is 2. The van der Waals surface area contributed by atoms with E-state index in [2.05, 4.69) is 20.7 Å². The van der Waals surface area contributed by atoms with Gasteiger partial charge in [0.05, 0.1) is 19.5 Å². The molecule has 0 aliphatic carbocycles. The van der Waals surface area contributed by atoms with Crippen LogP contribution in [0.3, 0.4) is 0 Å². The molecule has 11 nitrogen and oxygen atoms in total. The zero-order valence-corrected chi connectivity index (χ0v) is 18.3. The summed E-state index contributed by atoms with van der Waals surface area (Å²) in [5.41, 5.74) is 5.59. The van der Waals surface area contributed by atoms with Crippen molar-refractivity contribution in [3.63, 3.8) is 0 Å². The number of nitrogens with one attached hydrogen (secondary N) is 3. The van der Waals surface area contributed by atoms with Gasteiger partial charge in [-0.2, -0.15) is 0 Å². The summed E-state index contributed by atoms with van der Waals surface area (Å²) >= 11 is 0. The summed E-state index contributed by atoms with van der Waals surface area (Å²) in [4.78, 5) is 58.4. The number of esters is 2. The van der Waals surface area contributed by atoms with Crippen molar-refractivity contribution >= 4 is 51.2 Å². The van der Waals surface area contributed by atoms with Crippen LogP contribution >= 0.6 is 21.6 Å². The third-order valence-corrected chi connectivity index (χ3v) is 5.62. The number of methoxy groups -OCH3 is 1. The average Bonchev–Trinajstić information content (AvgIpc) is 2.71. The van der Waals surface area contributed by atoms with Gasteiger partial charge in [0, 0.05) is 19.2 Å². The maximum absolute atomic E-state index is 12.3. The Labute approximate surface area is 177 Å². The Bertz CT molecular complexity index is 577. The van der Waals surface area contributed by atoms with Crippen LogP contribution in [0.5, 0.6) is 0 Å². The van der Waals surface area contributed by atoms with Gasteiger partial charge in [0.1, 0.15) is 18.6 Å². The standard InChI is InChI=1S/C16H28N4O7S2/c1-4-27-14(23)7-19-15(24)11(8-28-29-9-13(22)18-2)20-12(21)6-5-10(17)16(25)26-3/h10-11H,4-9,17H2,1-3H3,(H,18,22)(H,19,24)(H,20,21). The lowest BCUT2D eigenvalue weighted by atomic mass is 10.1. The first-order chi connectivity index (χ1) is 13.7. The molecule has 29 heavy (non-hydrogen) atoms. The van der Waals surface area contributed by atoms with Gasteiger partial charge in [-0.3, -0.25) is 24.0 Å². The van der Waals surface area contributed by atoms with Crippen LogP contribution in [0.15, 0.2) is 0 Å². The molecule has 0 saturated carbocycles. The fourth-order valence-electron chi connectivity index (χ4n) is 1.78. The lowest BCUT2D eigenvalue weighted by Gasteiger charge is -2.18. The molecule has 0 spiro atoms. The Morgan fingerprint density at radius 3 is 2.38 bits per heavy atom.